The Labute approximate surface area is 184 Å². The summed E-state index contributed by atoms with van der Waals surface area (Å²) < 4.78 is 28.6. The van der Waals surface area contributed by atoms with E-state index in [-0.39, 0.29) is 4.90 Å². The number of sulfonamides is 1. The van der Waals surface area contributed by atoms with Crippen LogP contribution in [0.2, 0.25) is 5.02 Å². The molecule has 0 aliphatic rings. The Morgan fingerprint density at radius 2 is 1.52 bits per heavy atom. The average molecular weight is 453 g/mol. The first-order valence-corrected chi connectivity index (χ1v) is 11.1. The van der Waals surface area contributed by atoms with Crippen molar-refractivity contribution in [1.82, 2.24) is 4.98 Å². The number of pyridine rings is 1. The standard InChI is InChI=1S/C22H17ClN4O3S/c23-19-11-12-20(18-10-5-13-24-21(18)19)31(29,30)27-17-9-4-8-16(14-17)26-22(28)25-15-6-2-1-3-7-15/h1-14,27H,(H2,25,26,28). The zero-order chi connectivity index (χ0) is 21.8. The molecular weight excluding hydrogens is 436 g/mol. The molecule has 3 aromatic carbocycles. The summed E-state index contributed by atoms with van der Waals surface area (Å²) in [5.74, 6) is 0. The third kappa shape index (κ3) is 4.76. The highest BCUT2D eigenvalue weighted by Crippen LogP contribution is 2.29. The lowest BCUT2D eigenvalue weighted by atomic mass is 10.2. The van der Waals surface area contributed by atoms with Gasteiger partial charge in [0.1, 0.15) is 0 Å². The van der Waals surface area contributed by atoms with Gasteiger partial charge in [-0.15, -0.1) is 0 Å². The molecule has 0 aliphatic carbocycles. The second kappa shape index (κ2) is 8.63. The number of urea groups is 1. The number of fused-ring (bicyclic) bond motifs is 1. The minimum absolute atomic E-state index is 0.0557. The average Bonchev–Trinajstić information content (AvgIpc) is 2.74. The van der Waals surface area contributed by atoms with Crippen LogP contribution in [-0.2, 0) is 10.0 Å². The molecule has 0 unspecified atom stereocenters. The van der Waals surface area contributed by atoms with Gasteiger partial charge in [-0.1, -0.05) is 35.9 Å². The molecule has 4 aromatic rings. The first kappa shape index (κ1) is 20.6. The van der Waals surface area contributed by atoms with Gasteiger partial charge in [-0.05, 0) is 54.6 Å². The molecule has 156 valence electrons. The van der Waals surface area contributed by atoms with Crippen LogP contribution < -0.4 is 15.4 Å². The number of carbonyl (C=O) groups is 1. The van der Waals surface area contributed by atoms with Crippen LogP contribution >= 0.6 is 11.6 Å². The molecule has 7 nitrogen and oxygen atoms in total. The molecule has 2 amide bonds. The molecule has 1 heterocycles. The van der Waals surface area contributed by atoms with E-state index in [4.69, 9.17) is 11.6 Å². The molecular formula is C22H17ClN4O3S. The van der Waals surface area contributed by atoms with E-state index >= 15 is 0 Å². The molecule has 0 saturated carbocycles. The number of hydrogen-bond acceptors (Lipinski definition) is 4. The van der Waals surface area contributed by atoms with Gasteiger partial charge in [0.15, 0.2) is 0 Å². The molecule has 0 fully saturated rings. The first-order valence-electron chi connectivity index (χ1n) is 9.21. The van der Waals surface area contributed by atoms with Crippen molar-refractivity contribution < 1.29 is 13.2 Å². The van der Waals surface area contributed by atoms with E-state index in [1.54, 1.807) is 60.8 Å². The first-order chi connectivity index (χ1) is 14.9. The molecule has 9 heteroatoms. The highest BCUT2D eigenvalue weighted by atomic mass is 35.5. The topological polar surface area (TPSA) is 100 Å². The molecule has 4 rings (SSSR count). The fourth-order valence-electron chi connectivity index (χ4n) is 3.03. The largest absolute Gasteiger partial charge is 0.323 e. The van der Waals surface area contributed by atoms with Crippen molar-refractivity contribution in [2.45, 2.75) is 4.90 Å². The summed E-state index contributed by atoms with van der Waals surface area (Å²) in [6.07, 6.45) is 1.55. The Bertz CT molecular complexity index is 1360. The zero-order valence-electron chi connectivity index (χ0n) is 16.0. The lowest BCUT2D eigenvalue weighted by Crippen LogP contribution is -2.19. The minimum atomic E-state index is -3.93. The van der Waals surface area contributed by atoms with Crippen LogP contribution in [0, 0.1) is 0 Å². The van der Waals surface area contributed by atoms with Crippen molar-refractivity contribution in [3.63, 3.8) is 0 Å². The van der Waals surface area contributed by atoms with E-state index in [0.29, 0.717) is 33.0 Å². The number of carbonyl (C=O) groups excluding carboxylic acids is 1. The van der Waals surface area contributed by atoms with Crippen molar-refractivity contribution in [2.24, 2.45) is 0 Å². The van der Waals surface area contributed by atoms with Crippen LogP contribution in [0.3, 0.4) is 0 Å². The van der Waals surface area contributed by atoms with Crippen LogP contribution in [0.5, 0.6) is 0 Å². The van der Waals surface area contributed by atoms with E-state index < -0.39 is 16.1 Å². The van der Waals surface area contributed by atoms with Gasteiger partial charge in [0.05, 0.1) is 21.1 Å². The maximum Gasteiger partial charge on any atom is 0.323 e. The predicted molar refractivity (Wildman–Crippen MR) is 123 cm³/mol. The predicted octanol–water partition coefficient (Wildman–Crippen LogP) is 5.33. The highest BCUT2D eigenvalue weighted by molar-refractivity contribution is 7.93. The Morgan fingerprint density at radius 1 is 0.806 bits per heavy atom. The van der Waals surface area contributed by atoms with Crippen LogP contribution in [0.15, 0.2) is 90.0 Å². The molecule has 3 N–H and O–H groups in total. The van der Waals surface area contributed by atoms with Crippen LogP contribution in [0.4, 0.5) is 21.9 Å². The van der Waals surface area contributed by atoms with Crippen LogP contribution in [0.1, 0.15) is 0 Å². The summed E-state index contributed by atoms with van der Waals surface area (Å²) in [4.78, 5) is 16.4. The van der Waals surface area contributed by atoms with E-state index in [0.717, 1.165) is 0 Å². The number of amides is 2. The number of hydrogen-bond donors (Lipinski definition) is 3. The fourth-order valence-corrected chi connectivity index (χ4v) is 4.49. The number of halogens is 1. The number of benzene rings is 3. The zero-order valence-corrected chi connectivity index (χ0v) is 17.6. The number of aromatic nitrogens is 1. The Hall–Kier alpha value is -3.62. The van der Waals surface area contributed by atoms with Crippen molar-refractivity contribution in [1.29, 1.82) is 0 Å². The molecule has 31 heavy (non-hydrogen) atoms. The molecule has 0 aliphatic heterocycles. The van der Waals surface area contributed by atoms with Gasteiger partial charge in [0, 0.05) is 23.0 Å². The summed E-state index contributed by atoms with van der Waals surface area (Å²) in [5.41, 5.74) is 1.76. The lowest BCUT2D eigenvalue weighted by molar-refractivity contribution is 0.262. The van der Waals surface area contributed by atoms with Crippen LogP contribution in [0.25, 0.3) is 10.9 Å². The van der Waals surface area contributed by atoms with Gasteiger partial charge in [-0.3, -0.25) is 9.71 Å². The van der Waals surface area contributed by atoms with Gasteiger partial charge in [0.2, 0.25) is 0 Å². The van der Waals surface area contributed by atoms with E-state index in [2.05, 4.69) is 20.3 Å². The van der Waals surface area contributed by atoms with Gasteiger partial charge in [-0.25, -0.2) is 13.2 Å². The van der Waals surface area contributed by atoms with Crippen molar-refractivity contribution >= 4 is 55.6 Å². The summed E-state index contributed by atoms with van der Waals surface area (Å²) in [6, 6.07) is 21.2. The molecule has 0 spiro atoms. The maximum absolute atomic E-state index is 13.0. The number of anilines is 3. The molecule has 0 saturated heterocycles. The number of nitrogens with zero attached hydrogens (tertiary/aromatic N) is 1. The van der Waals surface area contributed by atoms with Gasteiger partial charge in [0.25, 0.3) is 10.0 Å². The molecule has 1 aromatic heterocycles. The Kier molecular flexibility index (Phi) is 5.75. The van der Waals surface area contributed by atoms with Gasteiger partial charge < -0.3 is 10.6 Å². The Balaban J connectivity index is 1.55. The quantitative estimate of drug-likeness (QED) is 0.381. The molecule has 0 bridgehead atoms. The number of nitrogens with one attached hydrogen (secondary N) is 3. The smallest absolute Gasteiger partial charge is 0.308 e. The third-order valence-electron chi connectivity index (χ3n) is 4.37. The summed E-state index contributed by atoms with van der Waals surface area (Å²) in [6.45, 7) is 0. The summed E-state index contributed by atoms with van der Waals surface area (Å²) in [5, 5.41) is 6.16. The van der Waals surface area contributed by atoms with Gasteiger partial charge in [-0.2, -0.15) is 0 Å². The van der Waals surface area contributed by atoms with Crippen molar-refractivity contribution in [3.05, 3.63) is 90.1 Å². The maximum atomic E-state index is 13.0. The van der Waals surface area contributed by atoms with Crippen LogP contribution in [-0.4, -0.2) is 19.4 Å². The second-order valence-corrected chi connectivity index (χ2v) is 8.63. The fraction of sp³-hybridized carbons (Fsp3) is 0. The number of para-hydroxylation sites is 1. The third-order valence-corrected chi connectivity index (χ3v) is 6.12. The van der Waals surface area contributed by atoms with Crippen molar-refractivity contribution in [2.75, 3.05) is 15.4 Å². The highest BCUT2D eigenvalue weighted by Gasteiger charge is 2.19. The monoisotopic (exact) mass is 452 g/mol. The summed E-state index contributed by atoms with van der Waals surface area (Å²) >= 11 is 6.14. The minimum Gasteiger partial charge on any atom is -0.308 e. The molecule has 0 radical (unpaired) electrons. The van der Waals surface area contributed by atoms with Crippen molar-refractivity contribution in [3.8, 4) is 0 Å². The van der Waals surface area contributed by atoms with E-state index in [1.165, 1.54) is 18.2 Å². The normalized spacial score (nSPS) is 11.1. The lowest BCUT2D eigenvalue weighted by Gasteiger charge is -2.12. The Morgan fingerprint density at radius 3 is 2.32 bits per heavy atom. The molecule has 0 atom stereocenters. The van der Waals surface area contributed by atoms with E-state index in [9.17, 15) is 13.2 Å². The summed E-state index contributed by atoms with van der Waals surface area (Å²) in [7, 11) is -3.93. The SMILES string of the molecule is O=C(Nc1ccccc1)Nc1cccc(NS(=O)(=O)c2ccc(Cl)c3ncccc23)c1. The second-order valence-electron chi connectivity index (χ2n) is 6.58. The van der Waals surface area contributed by atoms with E-state index in [1.807, 2.05) is 6.07 Å². The van der Waals surface area contributed by atoms with Gasteiger partial charge >= 0.3 is 6.03 Å². The number of rotatable bonds is 5.